The molecule has 1 heterocycles. The van der Waals surface area contributed by atoms with Crippen LogP contribution in [0, 0.1) is 17.2 Å². The first kappa shape index (κ1) is 14.7. The standard InChI is InChI=1S/C17H18N2O3/c1-2-11-16(21)12-6-5-10(9-18)8-13(12)15(17(11)22)19-7-3-4-14(19)20/h5-6,8,11,15,17,22H,2-4,7H2,1H3. The number of likely N-dealkylation sites (tertiary alicyclic amines) is 1. The second-order valence-corrected chi connectivity index (χ2v) is 5.92. The lowest BCUT2D eigenvalue weighted by Gasteiger charge is -2.40. The molecule has 1 aliphatic carbocycles. The van der Waals surface area contributed by atoms with E-state index in [1.807, 2.05) is 6.92 Å². The van der Waals surface area contributed by atoms with E-state index in [0.717, 1.165) is 6.42 Å². The molecular formula is C17H18N2O3. The number of amides is 1. The minimum atomic E-state index is -0.916. The molecule has 0 radical (unpaired) electrons. The van der Waals surface area contributed by atoms with E-state index in [1.165, 1.54) is 0 Å². The smallest absolute Gasteiger partial charge is 0.223 e. The number of benzene rings is 1. The van der Waals surface area contributed by atoms with Crippen LogP contribution in [0.25, 0.3) is 0 Å². The minimum absolute atomic E-state index is 0.00145. The van der Waals surface area contributed by atoms with E-state index in [-0.39, 0.29) is 11.7 Å². The third-order valence-electron chi connectivity index (χ3n) is 4.72. The number of Topliss-reactive ketones (excluding diaryl/α,β-unsaturated/α-hetero) is 1. The van der Waals surface area contributed by atoms with Gasteiger partial charge < -0.3 is 10.0 Å². The average molecular weight is 298 g/mol. The Kier molecular flexibility index (Phi) is 3.71. The Labute approximate surface area is 129 Å². The molecule has 5 heteroatoms. The fourth-order valence-corrected chi connectivity index (χ4v) is 3.60. The predicted molar refractivity (Wildman–Crippen MR) is 79.0 cm³/mol. The van der Waals surface area contributed by atoms with Gasteiger partial charge in [0.15, 0.2) is 5.78 Å². The summed E-state index contributed by atoms with van der Waals surface area (Å²) in [5.41, 5.74) is 1.57. The van der Waals surface area contributed by atoms with E-state index < -0.39 is 18.1 Å². The number of aliphatic hydroxyl groups excluding tert-OH is 1. The largest absolute Gasteiger partial charge is 0.390 e. The van der Waals surface area contributed by atoms with Crippen molar-refractivity contribution < 1.29 is 14.7 Å². The maximum atomic E-state index is 12.6. The van der Waals surface area contributed by atoms with Crippen molar-refractivity contribution in [2.75, 3.05) is 6.54 Å². The van der Waals surface area contributed by atoms with Crippen molar-refractivity contribution in [1.82, 2.24) is 4.90 Å². The van der Waals surface area contributed by atoms with Gasteiger partial charge >= 0.3 is 0 Å². The molecule has 3 unspecified atom stereocenters. The highest BCUT2D eigenvalue weighted by Gasteiger charge is 2.45. The summed E-state index contributed by atoms with van der Waals surface area (Å²) in [5, 5.41) is 19.8. The molecule has 5 nitrogen and oxygen atoms in total. The summed E-state index contributed by atoms with van der Waals surface area (Å²) in [6, 6.07) is 6.43. The topological polar surface area (TPSA) is 81.4 Å². The maximum Gasteiger partial charge on any atom is 0.223 e. The Morgan fingerprint density at radius 2 is 2.18 bits per heavy atom. The molecule has 1 N–H and O–H groups in total. The third kappa shape index (κ3) is 2.11. The number of ketones is 1. The lowest BCUT2D eigenvalue weighted by molar-refractivity contribution is -0.133. The van der Waals surface area contributed by atoms with Gasteiger partial charge in [-0.3, -0.25) is 9.59 Å². The monoisotopic (exact) mass is 298 g/mol. The highest BCUT2D eigenvalue weighted by atomic mass is 16.3. The van der Waals surface area contributed by atoms with Crippen molar-refractivity contribution in [1.29, 1.82) is 5.26 Å². The summed E-state index contributed by atoms with van der Waals surface area (Å²) in [6.45, 7) is 2.45. The molecule has 3 rings (SSSR count). The summed E-state index contributed by atoms with van der Waals surface area (Å²) in [5.74, 6) is -0.599. The molecule has 0 saturated carbocycles. The second-order valence-electron chi connectivity index (χ2n) is 5.92. The predicted octanol–water partition coefficient (Wildman–Crippen LogP) is 1.81. The van der Waals surface area contributed by atoms with Gasteiger partial charge in [0, 0.05) is 18.5 Å². The van der Waals surface area contributed by atoms with Crippen LogP contribution in [0.3, 0.4) is 0 Å². The van der Waals surface area contributed by atoms with E-state index in [2.05, 4.69) is 6.07 Å². The number of aliphatic hydroxyl groups is 1. The molecule has 0 spiro atoms. The highest BCUT2D eigenvalue weighted by molar-refractivity contribution is 6.01. The highest BCUT2D eigenvalue weighted by Crippen LogP contribution is 2.40. The zero-order chi connectivity index (χ0) is 15.9. The number of fused-ring (bicyclic) bond motifs is 1. The van der Waals surface area contributed by atoms with Gasteiger partial charge in [0.25, 0.3) is 0 Å². The van der Waals surface area contributed by atoms with Crippen molar-refractivity contribution in [3.8, 4) is 6.07 Å². The summed E-state index contributed by atoms with van der Waals surface area (Å²) < 4.78 is 0. The summed E-state index contributed by atoms with van der Waals surface area (Å²) in [7, 11) is 0. The molecule has 1 aliphatic heterocycles. The van der Waals surface area contributed by atoms with Gasteiger partial charge in [0.1, 0.15) is 0 Å². The van der Waals surface area contributed by atoms with Crippen LogP contribution in [-0.2, 0) is 4.79 Å². The van der Waals surface area contributed by atoms with E-state index >= 15 is 0 Å². The molecule has 0 bridgehead atoms. The third-order valence-corrected chi connectivity index (χ3v) is 4.72. The van der Waals surface area contributed by atoms with E-state index in [4.69, 9.17) is 5.26 Å². The van der Waals surface area contributed by atoms with Crippen LogP contribution in [0.4, 0.5) is 0 Å². The molecule has 0 aromatic heterocycles. The number of rotatable bonds is 2. The van der Waals surface area contributed by atoms with Gasteiger partial charge in [-0.25, -0.2) is 0 Å². The van der Waals surface area contributed by atoms with Crippen LogP contribution in [0.15, 0.2) is 18.2 Å². The van der Waals surface area contributed by atoms with Crippen LogP contribution in [0.1, 0.15) is 53.7 Å². The maximum absolute atomic E-state index is 12.6. The van der Waals surface area contributed by atoms with Crippen molar-refractivity contribution >= 4 is 11.7 Å². The number of nitrogens with zero attached hydrogens (tertiary/aromatic N) is 2. The molecule has 114 valence electrons. The number of carbonyl (C=O) groups is 2. The fraction of sp³-hybridized carbons (Fsp3) is 0.471. The van der Waals surface area contributed by atoms with Gasteiger partial charge in [0.2, 0.25) is 5.91 Å². The molecule has 1 aromatic rings. The minimum Gasteiger partial charge on any atom is -0.390 e. The lowest BCUT2D eigenvalue weighted by atomic mass is 9.75. The zero-order valence-electron chi connectivity index (χ0n) is 12.5. The van der Waals surface area contributed by atoms with Crippen LogP contribution in [0.5, 0.6) is 0 Å². The van der Waals surface area contributed by atoms with Crippen LogP contribution in [-0.4, -0.2) is 34.3 Å². The molecule has 2 aliphatic rings. The number of nitriles is 1. The summed E-state index contributed by atoms with van der Waals surface area (Å²) in [6.07, 6.45) is 0.847. The molecule has 1 fully saturated rings. The average Bonchev–Trinajstić information content (AvgIpc) is 2.93. The molecule has 3 atom stereocenters. The van der Waals surface area contributed by atoms with Crippen molar-refractivity contribution in [2.24, 2.45) is 5.92 Å². The van der Waals surface area contributed by atoms with Crippen LogP contribution in [0.2, 0.25) is 0 Å². The Morgan fingerprint density at radius 1 is 1.41 bits per heavy atom. The van der Waals surface area contributed by atoms with Gasteiger partial charge in [-0.15, -0.1) is 0 Å². The van der Waals surface area contributed by atoms with Crippen LogP contribution >= 0.6 is 0 Å². The van der Waals surface area contributed by atoms with Gasteiger partial charge in [0.05, 0.1) is 29.7 Å². The quantitative estimate of drug-likeness (QED) is 0.902. The summed E-state index contributed by atoms with van der Waals surface area (Å²) in [4.78, 5) is 26.3. The van der Waals surface area contributed by atoms with Gasteiger partial charge in [-0.05, 0) is 36.6 Å². The second kappa shape index (κ2) is 5.54. The zero-order valence-corrected chi connectivity index (χ0v) is 12.5. The Balaban J connectivity index is 2.15. The molecule has 1 amide bonds. The van der Waals surface area contributed by atoms with Crippen molar-refractivity contribution in [3.05, 3.63) is 34.9 Å². The molecule has 1 saturated heterocycles. The van der Waals surface area contributed by atoms with Gasteiger partial charge in [-0.2, -0.15) is 5.26 Å². The first-order valence-electron chi connectivity index (χ1n) is 7.64. The van der Waals surface area contributed by atoms with Gasteiger partial charge in [-0.1, -0.05) is 6.92 Å². The Bertz CT molecular complexity index is 677. The normalized spacial score (nSPS) is 27.7. The van der Waals surface area contributed by atoms with E-state index in [9.17, 15) is 14.7 Å². The van der Waals surface area contributed by atoms with E-state index in [1.54, 1.807) is 23.1 Å². The first-order chi connectivity index (χ1) is 10.6. The fourth-order valence-electron chi connectivity index (χ4n) is 3.60. The lowest BCUT2D eigenvalue weighted by Crippen LogP contribution is -2.47. The number of hydrogen-bond acceptors (Lipinski definition) is 4. The first-order valence-corrected chi connectivity index (χ1v) is 7.64. The SMILES string of the molecule is CCC1C(=O)c2ccc(C#N)cc2C(N2CCCC2=O)C1O. The molecule has 22 heavy (non-hydrogen) atoms. The Hall–Kier alpha value is -2.19. The molecular weight excluding hydrogens is 280 g/mol. The van der Waals surface area contributed by atoms with Crippen molar-refractivity contribution in [2.45, 2.75) is 38.3 Å². The van der Waals surface area contributed by atoms with Crippen molar-refractivity contribution in [3.63, 3.8) is 0 Å². The summed E-state index contributed by atoms with van der Waals surface area (Å²) >= 11 is 0. The number of hydrogen-bond donors (Lipinski definition) is 1. The Morgan fingerprint density at radius 3 is 2.77 bits per heavy atom. The van der Waals surface area contributed by atoms with E-state index in [0.29, 0.717) is 36.1 Å². The molecule has 1 aromatic carbocycles. The van der Waals surface area contributed by atoms with Crippen LogP contribution < -0.4 is 0 Å². The number of carbonyl (C=O) groups excluding carboxylic acids is 2.